The van der Waals surface area contributed by atoms with Gasteiger partial charge in [0.2, 0.25) is 0 Å². The summed E-state index contributed by atoms with van der Waals surface area (Å²) in [5.41, 5.74) is 6.57. The summed E-state index contributed by atoms with van der Waals surface area (Å²) in [6, 6.07) is 16.5. The number of unbranched alkanes of at least 4 members (excludes halogenated alkanes) is 1. The molecule has 0 unspecified atom stereocenters. The molecule has 3 heterocycles. The molecule has 0 atom stereocenters. The van der Waals surface area contributed by atoms with Crippen LogP contribution in [0, 0.1) is 13.8 Å². The number of nitrogens with one attached hydrogen (secondary N) is 1. The van der Waals surface area contributed by atoms with Gasteiger partial charge in [-0.3, -0.25) is 10.00 Å². The lowest BCUT2D eigenvalue weighted by Gasteiger charge is -2.25. The maximum absolute atomic E-state index is 6.85. The van der Waals surface area contributed by atoms with Crippen LogP contribution in [0.25, 0.3) is 11.4 Å². The van der Waals surface area contributed by atoms with Crippen molar-refractivity contribution in [1.29, 1.82) is 0 Å². The summed E-state index contributed by atoms with van der Waals surface area (Å²) in [7, 11) is 0. The molecular formula is C29H34ClN5O2. The first-order valence-corrected chi connectivity index (χ1v) is 13.3. The highest BCUT2D eigenvalue weighted by Gasteiger charge is 2.22. The van der Waals surface area contributed by atoms with Gasteiger partial charge in [0.15, 0.2) is 16.7 Å². The second-order valence-electron chi connectivity index (χ2n) is 9.58. The Morgan fingerprint density at radius 2 is 1.78 bits per heavy atom. The fraction of sp³-hybridized carbons (Fsp3) is 0.379. The number of hydrogen-bond donors (Lipinski definition) is 1. The van der Waals surface area contributed by atoms with Gasteiger partial charge >= 0.3 is 0 Å². The zero-order valence-electron chi connectivity index (χ0n) is 21.8. The highest BCUT2D eigenvalue weighted by Crippen LogP contribution is 2.33. The number of hydrogen-bond acceptors (Lipinski definition) is 5. The van der Waals surface area contributed by atoms with Crippen LogP contribution >= 0.6 is 11.6 Å². The van der Waals surface area contributed by atoms with E-state index in [1.54, 1.807) is 0 Å². The third-order valence-corrected chi connectivity index (χ3v) is 7.14. The Labute approximate surface area is 223 Å². The van der Waals surface area contributed by atoms with Crippen LogP contribution in [-0.4, -0.2) is 37.9 Å². The Morgan fingerprint density at radius 1 is 1.00 bits per heavy atom. The number of aromatic amines is 1. The van der Waals surface area contributed by atoms with E-state index in [-0.39, 0.29) is 0 Å². The molecule has 2 aromatic heterocycles. The summed E-state index contributed by atoms with van der Waals surface area (Å²) in [6.45, 7) is 10.5. The molecule has 0 spiro atoms. The summed E-state index contributed by atoms with van der Waals surface area (Å²) in [4.78, 5) is 7.23. The number of halogens is 1. The summed E-state index contributed by atoms with van der Waals surface area (Å²) in [5, 5.41) is 8.12. The van der Waals surface area contributed by atoms with Gasteiger partial charge in [0.25, 0.3) is 0 Å². The topological polar surface area (TPSA) is 68.2 Å². The molecule has 1 aliphatic rings. The number of aromatic nitrogens is 4. The predicted molar refractivity (Wildman–Crippen MR) is 146 cm³/mol. The molecule has 0 fully saturated rings. The number of rotatable bonds is 10. The number of nitrogens with zero attached hydrogens (tertiary/aromatic N) is 4. The Morgan fingerprint density at radius 3 is 2.51 bits per heavy atom. The van der Waals surface area contributed by atoms with E-state index in [9.17, 15) is 0 Å². The van der Waals surface area contributed by atoms with E-state index in [0.717, 1.165) is 78.0 Å². The first-order valence-electron chi connectivity index (χ1n) is 12.9. The number of H-pyrrole nitrogens is 1. The molecule has 0 saturated carbocycles. The maximum atomic E-state index is 6.85. The van der Waals surface area contributed by atoms with Crippen molar-refractivity contribution >= 4 is 11.6 Å². The number of fused-ring (bicyclic) bond motifs is 1. The van der Waals surface area contributed by atoms with E-state index < -0.39 is 0 Å². The van der Waals surface area contributed by atoms with E-state index in [1.165, 1.54) is 5.56 Å². The molecule has 1 aliphatic heterocycles. The smallest absolute Gasteiger partial charge is 0.161 e. The van der Waals surface area contributed by atoms with Crippen LogP contribution in [0.5, 0.6) is 11.5 Å². The molecule has 1 N–H and O–H groups in total. The molecule has 0 radical (unpaired) electrons. The van der Waals surface area contributed by atoms with E-state index in [4.69, 9.17) is 26.1 Å². The van der Waals surface area contributed by atoms with Crippen LogP contribution in [-0.2, 0) is 26.2 Å². The Balaban J connectivity index is 1.50. The molecule has 0 saturated heterocycles. The summed E-state index contributed by atoms with van der Waals surface area (Å²) < 4.78 is 13.9. The Hall–Kier alpha value is -3.29. The van der Waals surface area contributed by atoms with Crippen molar-refractivity contribution in [3.8, 4) is 22.9 Å². The highest BCUT2D eigenvalue weighted by molar-refractivity contribution is 6.30. The number of ether oxygens (including phenoxy) is 2. The van der Waals surface area contributed by atoms with Crippen LogP contribution < -0.4 is 9.47 Å². The van der Waals surface area contributed by atoms with Gasteiger partial charge < -0.3 is 14.0 Å². The van der Waals surface area contributed by atoms with Gasteiger partial charge in [0.1, 0.15) is 19.0 Å². The summed E-state index contributed by atoms with van der Waals surface area (Å²) >= 11 is 6.85. The lowest BCUT2D eigenvalue weighted by atomic mass is 10.1. The SMILES string of the molecule is CCCCn1c(-c2ccccc2)nc(Cl)c1CN(Cc1ccc2c(c1)OCCO2)Cc1c(C)n[nH]c1C. The fourth-order valence-electron chi connectivity index (χ4n) is 4.83. The number of aryl methyl sites for hydroxylation is 2. The molecule has 0 aliphatic carbocycles. The number of benzene rings is 2. The zero-order chi connectivity index (χ0) is 25.8. The van der Waals surface area contributed by atoms with Gasteiger partial charge in [-0.15, -0.1) is 0 Å². The van der Waals surface area contributed by atoms with Gasteiger partial charge in [0, 0.05) is 43.0 Å². The highest BCUT2D eigenvalue weighted by atomic mass is 35.5. The fourth-order valence-corrected chi connectivity index (χ4v) is 5.07. The van der Waals surface area contributed by atoms with Crippen molar-refractivity contribution in [2.24, 2.45) is 0 Å². The summed E-state index contributed by atoms with van der Waals surface area (Å²) in [5.74, 6) is 2.53. The first-order chi connectivity index (χ1) is 18.0. The van der Waals surface area contributed by atoms with Crippen molar-refractivity contribution in [3.05, 3.63) is 81.9 Å². The van der Waals surface area contributed by atoms with Crippen LogP contribution in [0.4, 0.5) is 0 Å². The monoisotopic (exact) mass is 519 g/mol. The molecule has 8 heteroatoms. The third-order valence-electron chi connectivity index (χ3n) is 6.84. The lowest BCUT2D eigenvalue weighted by Crippen LogP contribution is -2.25. The predicted octanol–water partition coefficient (Wildman–Crippen LogP) is 6.32. The van der Waals surface area contributed by atoms with E-state index >= 15 is 0 Å². The van der Waals surface area contributed by atoms with Crippen molar-refractivity contribution < 1.29 is 9.47 Å². The standard InChI is InChI=1S/C29H34ClN5O2/c1-4-5-13-35-25(28(30)31-29(35)23-9-7-6-8-10-23)19-34(18-24-20(2)32-33-21(24)3)17-22-11-12-26-27(16-22)37-15-14-36-26/h6-12,16H,4-5,13-15,17-19H2,1-3H3,(H,32,33). The van der Waals surface area contributed by atoms with Crippen molar-refractivity contribution in [2.45, 2.75) is 59.8 Å². The number of imidazole rings is 1. The molecule has 194 valence electrons. The van der Waals surface area contributed by atoms with Gasteiger partial charge in [-0.25, -0.2) is 4.98 Å². The normalized spacial score (nSPS) is 12.9. The van der Waals surface area contributed by atoms with Crippen molar-refractivity contribution in [1.82, 2.24) is 24.6 Å². The van der Waals surface area contributed by atoms with Gasteiger partial charge in [0.05, 0.1) is 11.4 Å². The molecule has 0 amide bonds. The van der Waals surface area contributed by atoms with Crippen LogP contribution in [0.3, 0.4) is 0 Å². The largest absolute Gasteiger partial charge is 0.486 e. The minimum atomic E-state index is 0.558. The molecule has 0 bridgehead atoms. The van der Waals surface area contributed by atoms with Crippen LogP contribution in [0.2, 0.25) is 5.15 Å². The quantitative estimate of drug-likeness (QED) is 0.265. The maximum Gasteiger partial charge on any atom is 0.161 e. The van der Waals surface area contributed by atoms with Gasteiger partial charge in [-0.2, -0.15) is 5.10 Å². The second-order valence-corrected chi connectivity index (χ2v) is 9.94. The van der Waals surface area contributed by atoms with E-state index in [0.29, 0.717) is 24.9 Å². The Bertz CT molecular complexity index is 1330. The van der Waals surface area contributed by atoms with Crippen molar-refractivity contribution in [2.75, 3.05) is 13.2 Å². The molecule has 37 heavy (non-hydrogen) atoms. The minimum absolute atomic E-state index is 0.558. The first kappa shape index (κ1) is 25.4. The third kappa shape index (κ3) is 5.68. The van der Waals surface area contributed by atoms with E-state index in [2.05, 4.69) is 57.8 Å². The van der Waals surface area contributed by atoms with Crippen molar-refractivity contribution in [3.63, 3.8) is 0 Å². The van der Waals surface area contributed by atoms with E-state index in [1.807, 2.05) is 31.2 Å². The Kier molecular flexibility index (Phi) is 7.82. The second kappa shape index (κ2) is 11.4. The zero-order valence-corrected chi connectivity index (χ0v) is 22.5. The lowest BCUT2D eigenvalue weighted by molar-refractivity contribution is 0.170. The molecule has 7 nitrogen and oxygen atoms in total. The molecular weight excluding hydrogens is 486 g/mol. The average Bonchev–Trinajstić information content (AvgIpc) is 3.40. The van der Waals surface area contributed by atoms with Crippen LogP contribution in [0.15, 0.2) is 48.5 Å². The minimum Gasteiger partial charge on any atom is -0.486 e. The van der Waals surface area contributed by atoms with Crippen LogP contribution in [0.1, 0.15) is 48.0 Å². The summed E-state index contributed by atoms with van der Waals surface area (Å²) in [6.07, 6.45) is 2.15. The molecule has 2 aromatic carbocycles. The average molecular weight is 520 g/mol. The van der Waals surface area contributed by atoms with Gasteiger partial charge in [-0.1, -0.05) is 61.3 Å². The molecule has 4 aromatic rings. The molecule has 5 rings (SSSR count). The van der Waals surface area contributed by atoms with Gasteiger partial charge in [-0.05, 0) is 38.0 Å².